The topological polar surface area (TPSA) is 52.0 Å². The first-order chi connectivity index (χ1) is 8.76. The monoisotopic (exact) mass is 238 g/mol. The third-order valence-electron chi connectivity index (χ3n) is 2.77. The van der Waals surface area contributed by atoms with E-state index in [1.807, 2.05) is 55.4 Å². The molecule has 0 bridgehead atoms. The van der Waals surface area contributed by atoms with Crippen molar-refractivity contribution in [3.05, 3.63) is 48.2 Å². The Balaban J connectivity index is 2.41. The molecule has 0 saturated heterocycles. The van der Waals surface area contributed by atoms with Crippen LogP contribution in [0.5, 0.6) is 0 Å². The standard InChI is InChI=1S/C14H14N4/c1-16-14-9-12(7-8-17-14)18(2)13-6-4-3-5-11(13)10-15/h3-9H,1-2H3,(H,16,17). The predicted molar refractivity (Wildman–Crippen MR) is 73.0 cm³/mol. The maximum atomic E-state index is 9.11. The molecule has 18 heavy (non-hydrogen) atoms. The Morgan fingerprint density at radius 2 is 2.06 bits per heavy atom. The second-order valence-corrected chi connectivity index (χ2v) is 3.84. The largest absolute Gasteiger partial charge is 0.373 e. The fourth-order valence-corrected chi connectivity index (χ4v) is 1.76. The lowest BCUT2D eigenvalue weighted by Crippen LogP contribution is -2.11. The molecule has 0 aliphatic heterocycles. The third kappa shape index (κ3) is 2.25. The minimum absolute atomic E-state index is 0.655. The van der Waals surface area contributed by atoms with Gasteiger partial charge >= 0.3 is 0 Å². The Kier molecular flexibility index (Phi) is 3.44. The molecule has 4 nitrogen and oxygen atoms in total. The minimum atomic E-state index is 0.655. The van der Waals surface area contributed by atoms with Crippen LogP contribution < -0.4 is 10.2 Å². The lowest BCUT2D eigenvalue weighted by atomic mass is 10.1. The second-order valence-electron chi connectivity index (χ2n) is 3.84. The number of para-hydroxylation sites is 1. The average molecular weight is 238 g/mol. The van der Waals surface area contributed by atoms with E-state index < -0.39 is 0 Å². The molecule has 0 saturated carbocycles. The van der Waals surface area contributed by atoms with Crippen molar-refractivity contribution in [3.63, 3.8) is 0 Å². The van der Waals surface area contributed by atoms with Crippen LogP contribution in [0, 0.1) is 11.3 Å². The normalized spacial score (nSPS) is 9.61. The first-order valence-corrected chi connectivity index (χ1v) is 5.63. The number of pyridine rings is 1. The Morgan fingerprint density at radius 3 is 2.78 bits per heavy atom. The minimum Gasteiger partial charge on any atom is -0.373 e. The van der Waals surface area contributed by atoms with E-state index in [1.54, 1.807) is 6.20 Å². The van der Waals surface area contributed by atoms with Gasteiger partial charge in [-0.1, -0.05) is 12.1 Å². The molecule has 0 aliphatic carbocycles. The van der Waals surface area contributed by atoms with Gasteiger partial charge in [0.1, 0.15) is 11.9 Å². The molecule has 2 aromatic rings. The van der Waals surface area contributed by atoms with Crippen LogP contribution in [-0.4, -0.2) is 19.1 Å². The molecular formula is C14H14N4. The van der Waals surface area contributed by atoms with Gasteiger partial charge in [0.25, 0.3) is 0 Å². The lowest BCUT2D eigenvalue weighted by Gasteiger charge is -2.20. The van der Waals surface area contributed by atoms with Gasteiger partial charge in [-0.25, -0.2) is 4.98 Å². The number of anilines is 3. The van der Waals surface area contributed by atoms with E-state index in [4.69, 9.17) is 5.26 Å². The van der Waals surface area contributed by atoms with Crippen molar-refractivity contribution in [2.45, 2.75) is 0 Å². The summed E-state index contributed by atoms with van der Waals surface area (Å²) in [5.41, 5.74) is 2.52. The highest BCUT2D eigenvalue weighted by Gasteiger charge is 2.08. The molecule has 1 aromatic carbocycles. The van der Waals surface area contributed by atoms with Gasteiger partial charge in [0.2, 0.25) is 0 Å². The molecule has 0 unspecified atom stereocenters. The van der Waals surface area contributed by atoms with Gasteiger partial charge in [-0.15, -0.1) is 0 Å². The molecule has 4 heteroatoms. The van der Waals surface area contributed by atoms with Gasteiger partial charge in [-0.05, 0) is 18.2 Å². The summed E-state index contributed by atoms with van der Waals surface area (Å²) in [5, 5.41) is 12.1. The van der Waals surface area contributed by atoms with E-state index in [0.717, 1.165) is 17.2 Å². The maximum Gasteiger partial charge on any atom is 0.127 e. The highest BCUT2D eigenvalue weighted by atomic mass is 15.1. The van der Waals surface area contributed by atoms with E-state index in [9.17, 15) is 0 Å². The number of aromatic nitrogens is 1. The summed E-state index contributed by atoms with van der Waals surface area (Å²) in [7, 11) is 3.76. The molecule has 0 amide bonds. The molecule has 0 aliphatic rings. The molecule has 2 rings (SSSR count). The molecule has 1 N–H and O–H groups in total. The number of nitriles is 1. The van der Waals surface area contributed by atoms with E-state index in [0.29, 0.717) is 5.56 Å². The molecule has 0 spiro atoms. The smallest absolute Gasteiger partial charge is 0.127 e. The molecule has 0 radical (unpaired) electrons. The van der Waals surface area contributed by atoms with Gasteiger partial charge in [0, 0.05) is 32.0 Å². The van der Waals surface area contributed by atoms with E-state index in [-0.39, 0.29) is 0 Å². The lowest BCUT2D eigenvalue weighted by molar-refractivity contribution is 1.18. The number of hydrogen-bond acceptors (Lipinski definition) is 4. The van der Waals surface area contributed by atoms with Crippen LogP contribution >= 0.6 is 0 Å². The van der Waals surface area contributed by atoms with Gasteiger partial charge in [0.05, 0.1) is 11.3 Å². The first-order valence-electron chi connectivity index (χ1n) is 5.63. The van der Waals surface area contributed by atoms with Crippen molar-refractivity contribution in [3.8, 4) is 6.07 Å². The third-order valence-corrected chi connectivity index (χ3v) is 2.77. The zero-order valence-corrected chi connectivity index (χ0v) is 10.4. The molecular weight excluding hydrogens is 224 g/mol. The highest BCUT2D eigenvalue weighted by Crippen LogP contribution is 2.27. The van der Waals surface area contributed by atoms with E-state index >= 15 is 0 Å². The number of rotatable bonds is 3. The fourth-order valence-electron chi connectivity index (χ4n) is 1.76. The maximum absolute atomic E-state index is 9.11. The molecule has 1 aromatic heterocycles. The predicted octanol–water partition coefficient (Wildman–Crippen LogP) is 2.76. The number of benzene rings is 1. The molecule has 0 atom stereocenters. The summed E-state index contributed by atoms with van der Waals surface area (Å²) in [6, 6.07) is 13.6. The fraction of sp³-hybridized carbons (Fsp3) is 0.143. The van der Waals surface area contributed by atoms with Crippen LogP contribution in [0.25, 0.3) is 0 Å². The zero-order valence-electron chi connectivity index (χ0n) is 10.4. The van der Waals surface area contributed by atoms with Crippen molar-refractivity contribution >= 4 is 17.2 Å². The second kappa shape index (κ2) is 5.19. The summed E-state index contributed by atoms with van der Waals surface area (Å²) >= 11 is 0. The summed E-state index contributed by atoms with van der Waals surface area (Å²) in [5.74, 6) is 0.800. The Morgan fingerprint density at radius 1 is 1.28 bits per heavy atom. The van der Waals surface area contributed by atoms with Crippen LogP contribution in [-0.2, 0) is 0 Å². The van der Waals surface area contributed by atoms with E-state index in [2.05, 4.69) is 16.4 Å². The van der Waals surface area contributed by atoms with Crippen LogP contribution in [0.3, 0.4) is 0 Å². The van der Waals surface area contributed by atoms with Gasteiger partial charge in [-0.3, -0.25) is 0 Å². The SMILES string of the molecule is CNc1cc(N(C)c2ccccc2C#N)ccn1. The van der Waals surface area contributed by atoms with Crippen molar-refractivity contribution in [2.75, 3.05) is 24.3 Å². The van der Waals surface area contributed by atoms with Crippen molar-refractivity contribution < 1.29 is 0 Å². The van der Waals surface area contributed by atoms with Crippen LogP contribution in [0.15, 0.2) is 42.6 Å². The number of nitrogens with zero attached hydrogens (tertiary/aromatic N) is 3. The Hall–Kier alpha value is -2.54. The van der Waals surface area contributed by atoms with Crippen molar-refractivity contribution in [1.29, 1.82) is 5.26 Å². The van der Waals surface area contributed by atoms with Crippen LogP contribution in [0.1, 0.15) is 5.56 Å². The zero-order chi connectivity index (χ0) is 13.0. The van der Waals surface area contributed by atoms with Crippen molar-refractivity contribution in [1.82, 2.24) is 4.98 Å². The Labute approximate surface area is 107 Å². The summed E-state index contributed by atoms with van der Waals surface area (Å²) in [6.45, 7) is 0. The van der Waals surface area contributed by atoms with Gasteiger partial charge in [-0.2, -0.15) is 5.26 Å². The number of nitrogens with one attached hydrogen (secondary N) is 1. The van der Waals surface area contributed by atoms with Crippen molar-refractivity contribution in [2.24, 2.45) is 0 Å². The number of hydrogen-bond donors (Lipinski definition) is 1. The van der Waals surface area contributed by atoms with Crippen LogP contribution in [0.4, 0.5) is 17.2 Å². The van der Waals surface area contributed by atoms with Crippen LogP contribution in [0.2, 0.25) is 0 Å². The van der Waals surface area contributed by atoms with E-state index in [1.165, 1.54) is 0 Å². The molecule has 90 valence electrons. The molecule has 1 heterocycles. The summed E-state index contributed by atoms with van der Waals surface area (Å²) < 4.78 is 0. The first kappa shape index (κ1) is 11.9. The highest BCUT2D eigenvalue weighted by molar-refractivity contribution is 5.69. The average Bonchev–Trinajstić information content (AvgIpc) is 2.46. The summed E-state index contributed by atoms with van der Waals surface area (Å²) in [4.78, 5) is 6.15. The Bertz CT molecular complexity index is 586. The van der Waals surface area contributed by atoms with Gasteiger partial charge < -0.3 is 10.2 Å². The quantitative estimate of drug-likeness (QED) is 0.893. The molecule has 0 fully saturated rings. The van der Waals surface area contributed by atoms with Gasteiger partial charge in [0.15, 0.2) is 0 Å². The summed E-state index contributed by atoms with van der Waals surface area (Å²) in [6.07, 6.45) is 1.74.